The van der Waals surface area contributed by atoms with E-state index in [1.54, 1.807) is 0 Å². The summed E-state index contributed by atoms with van der Waals surface area (Å²) in [6.45, 7) is 6.42. The summed E-state index contributed by atoms with van der Waals surface area (Å²) < 4.78 is 10.8. The first kappa shape index (κ1) is 10.9. The van der Waals surface area contributed by atoms with E-state index in [0.29, 0.717) is 24.7 Å². The number of fused-ring (bicyclic) bond motifs is 1. The number of rotatable bonds is 4. The molecule has 2 rings (SSSR count). The second-order valence-corrected chi connectivity index (χ2v) is 5.31. The Morgan fingerprint density at radius 2 is 2.20 bits per heavy atom. The Kier molecular flexibility index (Phi) is 2.75. The number of hydrogen-bond acceptors (Lipinski definition) is 3. The lowest BCUT2D eigenvalue weighted by atomic mass is 9.90. The van der Waals surface area contributed by atoms with Gasteiger partial charge in [-0.2, -0.15) is 0 Å². The summed E-state index contributed by atoms with van der Waals surface area (Å²) >= 11 is 0. The maximum Gasteiger partial charge on any atom is 0.311 e. The van der Waals surface area contributed by atoms with Gasteiger partial charge in [0, 0.05) is 5.92 Å². The van der Waals surface area contributed by atoms with Gasteiger partial charge in [-0.05, 0) is 33.1 Å². The van der Waals surface area contributed by atoms with Crippen molar-refractivity contribution in [3.05, 3.63) is 0 Å². The fraction of sp³-hybridized carbons (Fsp3) is 0.917. The zero-order chi connectivity index (χ0) is 11.1. The highest BCUT2D eigenvalue weighted by molar-refractivity contribution is 5.75. The van der Waals surface area contributed by atoms with Crippen LogP contribution in [-0.2, 0) is 14.3 Å². The summed E-state index contributed by atoms with van der Waals surface area (Å²) in [5, 5.41) is 0. The summed E-state index contributed by atoms with van der Waals surface area (Å²) in [7, 11) is 0. The van der Waals surface area contributed by atoms with Crippen LogP contribution in [0.3, 0.4) is 0 Å². The first-order valence-electron chi connectivity index (χ1n) is 5.87. The lowest BCUT2D eigenvalue weighted by Crippen LogP contribution is -2.28. The first-order chi connectivity index (χ1) is 7.04. The number of ether oxygens (including phenoxy) is 2. The second kappa shape index (κ2) is 3.78. The van der Waals surface area contributed by atoms with Crippen LogP contribution in [0.1, 0.15) is 40.0 Å². The van der Waals surface area contributed by atoms with Crippen LogP contribution >= 0.6 is 0 Å². The molecule has 86 valence electrons. The Balaban J connectivity index is 1.75. The molecule has 0 aromatic rings. The minimum Gasteiger partial charge on any atom is -0.465 e. The van der Waals surface area contributed by atoms with Gasteiger partial charge >= 0.3 is 5.97 Å². The van der Waals surface area contributed by atoms with E-state index in [1.807, 2.05) is 20.8 Å². The lowest BCUT2D eigenvalue weighted by molar-refractivity contribution is -0.155. The minimum atomic E-state index is -0.345. The Hall–Kier alpha value is -0.570. The molecule has 0 aromatic heterocycles. The second-order valence-electron chi connectivity index (χ2n) is 5.31. The molecule has 0 N–H and O–H groups in total. The third kappa shape index (κ3) is 2.17. The molecule has 0 amide bonds. The highest BCUT2D eigenvalue weighted by atomic mass is 16.6. The molecule has 2 fully saturated rings. The normalized spacial score (nSPS) is 33.7. The molecular formula is C12H20O3. The van der Waals surface area contributed by atoms with Gasteiger partial charge in [0.2, 0.25) is 0 Å². The highest BCUT2D eigenvalue weighted by Gasteiger charge is 2.50. The van der Waals surface area contributed by atoms with E-state index in [0.717, 1.165) is 19.3 Å². The van der Waals surface area contributed by atoms with Gasteiger partial charge in [0.1, 0.15) is 0 Å². The fourth-order valence-corrected chi connectivity index (χ4v) is 2.05. The standard InChI is InChI=1S/C12H20O3/c1-4-12(2,3)11(13)14-7-8-5-6-9-10(8)15-9/h8-10H,4-7H2,1-3H3. The molecule has 1 saturated carbocycles. The molecular weight excluding hydrogens is 192 g/mol. The molecule has 1 aliphatic carbocycles. The van der Waals surface area contributed by atoms with Gasteiger partial charge in [-0.1, -0.05) is 6.92 Å². The molecule has 1 heterocycles. The topological polar surface area (TPSA) is 38.8 Å². The van der Waals surface area contributed by atoms with Crippen LogP contribution in [-0.4, -0.2) is 24.8 Å². The van der Waals surface area contributed by atoms with Crippen molar-refractivity contribution in [1.82, 2.24) is 0 Å². The predicted octanol–water partition coefficient (Wildman–Crippen LogP) is 2.14. The number of esters is 1. The largest absolute Gasteiger partial charge is 0.465 e. The SMILES string of the molecule is CCC(C)(C)C(=O)OCC1CCC2OC12. The van der Waals surface area contributed by atoms with Crippen molar-refractivity contribution in [1.29, 1.82) is 0 Å². The third-order valence-corrected chi connectivity index (χ3v) is 3.77. The van der Waals surface area contributed by atoms with Gasteiger partial charge in [0.05, 0.1) is 24.2 Å². The molecule has 2 aliphatic rings. The third-order valence-electron chi connectivity index (χ3n) is 3.77. The van der Waals surface area contributed by atoms with Gasteiger partial charge in [-0.15, -0.1) is 0 Å². The number of carbonyl (C=O) groups excluding carboxylic acids is 1. The average molecular weight is 212 g/mol. The van der Waals surface area contributed by atoms with Crippen molar-refractivity contribution in [3.8, 4) is 0 Å². The molecule has 0 aromatic carbocycles. The van der Waals surface area contributed by atoms with E-state index >= 15 is 0 Å². The van der Waals surface area contributed by atoms with Crippen LogP contribution in [0.5, 0.6) is 0 Å². The summed E-state index contributed by atoms with van der Waals surface area (Å²) in [5.74, 6) is 0.376. The van der Waals surface area contributed by atoms with Crippen LogP contribution in [0.2, 0.25) is 0 Å². The Labute approximate surface area is 91.1 Å². The van der Waals surface area contributed by atoms with E-state index in [1.165, 1.54) is 0 Å². The molecule has 0 radical (unpaired) electrons. The van der Waals surface area contributed by atoms with Gasteiger partial charge in [-0.25, -0.2) is 0 Å². The number of carbonyl (C=O) groups is 1. The summed E-state index contributed by atoms with van der Waals surface area (Å²) in [4.78, 5) is 11.7. The van der Waals surface area contributed by atoms with Crippen molar-refractivity contribution >= 4 is 5.97 Å². The molecule has 1 saturated heterocycles. The Bertz CT molecular complexity index is 260. The molecule has 3 atom stereocenters. The Morgan fingerprint density at radius 3 is 2.67 bits per heavy atom. The average Bonchev–Trinajstić information content (AvgIpc) is 2.89. The summed E-state index contributed by atoms with van der Waals surface area (Å²) in [5.41, 5.74) is -0.345. The number of epoxide rings is 1. The quantitative estimate of drug-likeness (QED) is 0.529. The molecule has 3 nitrogen and oxygen atoms in total. The first-order valence-corrected chi connectivity index (χ1v) is 5.87. The van der Waals surface area contributed by atoms with Crippen LogP contribution in [0.15, 0.2) is 0 Å². The number of hydrogen-bond donors (Lipinski definition) is 0. The van der Waals surface area contributed by atoms with Crippen molar-refractivity contribution in [2.75, 3.05) is 6.61 Å². The molecule has 1 aliphatic heterocycles. The lowest BCUT2D eigenvalue weighted by Gasteiger charge is -2.21. The van der Waals surface area contributed by atoms with Crippen molar-refractivity contribution < 1.29 is 14.3 Å². The van der Waals surface area contributed by atoms with Crippen LogP contribution in [0, 0.1) is 11.3 Å². The van der Waals surface area contributed by atoms with Crippen molar-refractivity contribution in [3.63, 3.8) is 0 Å². The van der Waals surface area contributed by atoms with E-state index in [-0.39, 0.29) is 11.4 Å². The maximum atomic E-state index is 11.7. The van der Waals surface area contributed by atoms with Crippen LogP contribution < -0.4 is 0 Å². The van der Waals surface area contributed by atoms with Gasteiger partial charge in [0.15, 0.2) is 0 Å². The smallest absolute Gasteiger partial charge is 0.311 e. The molecule has 3 unspecified atom stereocenters. The maximum absolute atomic E-state index is 11.7. The molecule has 15 heavy (non-hydrogen) atoms. The highest BCUT2D eigenvalue weighted by Crippen LogP contribution is 2.43. The van der Waals surface area contributed by atoms with Crippen molar-refractivity contribution in [2.45, 2.75) is 52.2 Å². The zero-order valence-corrected chi connectivity index (χ0v) is 9.79. The van der Waals surface area contributed by atoms with Gasteiger partial charge < -0.3 is 9.47 Å². The van der Waals surface area contributed by atoms with Gasteiger partial charge in [-0.3, -0.25) is 4.79 Å². The van der Waals surface area contributed by atoms with E-state index in [4.69, 9.17) is 9.47 Å². The Morgan fingerprint density at radius 1 is 1.47 bits per heavy atom. The van der Waals surface area contributed by atoms with Gasteiger partial charge in [0.25, 0.3) is 0 Å². The summed E-state index contributed by atoms with van der Waals surface area (Å²) in [6.07, 6.45) is 3.98. The van der Waals surface area contributed by atoms with E-state index in [9.17, 15) is 4.79 Å². The molecule has 0 spiro atoms. The van der Waals surface area contributed by atoms with Crippen LogP contribution in [0.4, 0.5) is 0 Å². The zero-order valence-electron chi connectivity index (χ0n) is 9.79. The van der Waals surface area contributed by atoms with Crippen molar-refractivity contribution in [2.24, 2.45) is 11.3 Å². The predicted molar refractivity (Wildman–Crippen MR) is 56.4 cm³/mol. The van der Waals surface area contributed by atoms with E-state index in [2.05, 4.69) is 0 Å². The summed E-state index contributed by atoms with van der Waals surface area (Å²) in [6, 6.07) is 0. The fourth-order valence-electron chi connectivity index (χ4n) is 2.05. The van der Waals surface area contributed by atoms with Crippen LogP contribution in [0.25, 0.3) is 0 Å². The van der Waals surface area contributed by atoms with E-state index < -0.39 is 0 Å². The minimum absolute atomic E-state index is 0.0749. The molecule has 3 heteroatoms. The monoisotopic (exact) mass is 212 g/mol. The molecule has 0 bridgehead atoms.